The monoisotopic (exact) mass is 289 g/mol. The van der Waals surface area contributed by atoms with Gasteiger partial charge in [-0.25, -0.2) is 0 Å². The van der Waals surface area contributed by atoms with Crippen LogP contribution in [0.25, 0.3) is 0 Å². The molecule has 0 aromatic rings. The zero-order valence-electron chi connectivity index (χ0n) is 1.55. The first-order valence-corrected chi connectivity index (χ1v) is 0. The number of hydrogen-bond donors (Lipinski definition) is 0. The summed E-state index contributed by atoms with van der Waals surface area (Å²) in [6, 6.07) is 0. The standard InChI is InChI=1S/Gd.Mn.Ni.H2O/h;;;1H2. The Hall–Kier alpha value is 2.30. The summed E-state index contributed by atoms with van der Waals surface area (Å²) in [5.41, 5.74) is 0. The van der Waals surface area contributed by atoms with Crippen molar-refractivity contribution in [2.45, 2.75) is 0 Å². The van der Waals surface area contributed by atoms with Crippen molar-refractivity contribution in [3.8, 4) is 0 Å². The summed E-state index contributed by atoms with van der Waals surface area (Å²) in [6.07, 6.45) is 0. The fourth-order valence-corrected chi connectivity index (χ4v) is 0. The second-order valence-electron chi connectivity index (χ2n) is 0. The van der Waals surface area contributed by atoms with E-state index in [-0.39, 0.29) is 79.0 Å². The van der Waals surface area contributed by atoms with Gasteiger partial charge in [0.25, 0.3) is 0 Å². The summed E-state index contributed by atoms with van der Waals surface area (Å²) in [5.74, 6) is 0. The van der Waals surface area contributed by atoms with Crippen LogP contribution in [0.15, 0.2) is 0 Å². The molecule has 0 amide bonds. The first-order chi connectivity index (χ1) is 0. The summed E-state index contributed by atoms with van der Waals surface area (Å²) in [4.78, 5) is 0. The maximum absolute atomic E-state index is 0. The summed E-state index contributed by atoms with van der Waals surface area (Å²) in [6.45, 7) is 0. The first kappa shape index (κ1) is 33.5. The Labute approximate surface area is 77.7 Å². The van der Waals surface area contributed by atoms with Gasteiger partial charge in [-0.1, -0.05) is 0 Å². The molecule has 0 saturated heterocycles. The fourth-order valence-electron chi connectivity index (χ4n) is 0. The molecule has 4 heteroatoms. The van der Waals surface area contributed by atoms with Crippen LogP contribution in [0.2, 0.25) is 0 Å². The molecule has 0 heterocycles. The predicted molar refractivity (Wildman–Crippen MR) is 3.61 cm³/mol. The minimum Gasteiger partial charge on any atom is -0.412 e. The molecule has 0 unspecified atom stereocenters. The number of hydrogen-bond acceptors (Lipinski definition) is 0. The average Bonchev–Trinajstić information content (AvgIpc) is 0. The average molecular weight is 289 g/mol. The molecule has 33 valence electrons. The molecular formula is H2GdMnNiO. The zero-order valence-corrected chi connectivity index (χ0v) is 5.98. The van der Waals surface area contributed by atoms with Crippen molar-refractivity contribution in [3.05, 3.63) is 0 Å². The van der Waals surface area contributed by atoms with Crippen LogP contribution >= 0.6 is 0 Å². The smallest absolute Gasteiger partial charge is 0 e. The molecule has 0 aliphatic carbocycles. The summed E-state index contributed by atoms with van der Waals surface area (Å²) >= 11 is 0. The van der Waals surface area contributed by atoms with Crippen LogP contribution in [0.3, 0.4) is 0 Å². The SMILES string of the molecule is O.[Gd].[Mn].[Ni]. The molecular weight excluding hydrogens is 287 g/mol. The van der Waals surface area contributed by atoms with E-state index in [2.05, 4.69) is 0 Å². The van der Waals surface area contributed by atoms with E-state index in [1.165, 1.54) is 0 Å². The maximum Gasteiger partial charge on any atom is 0 e. The molecule has 0 atom stereocenters. The molecule has 0 fully saturated rings. The molecule has 0 aliphatic heterocycles. The topological polar surface area (TPSA) is 31.5 Å². The van der Waals surface area contributed by atoms with Gasteiger partial charge in [0.1, 0.15) is 0 Å². The third-order valence-electron chi connectivity index (χ3n) is 0. The number of rotatable bonds is 0. The molecule has 0 saturated carbocycles. The van der Waals surface area contributed by atoms with Gasteiger partial charge in [0, 0.05) is 73.5 Å². The molecule has 1 radical (unpaired) electrons. The summed E-state index contributed by atoms with van der Waals surface area (Å²) in [5, 5.41) is 0. The Morgan fingerprint density at radius 3 is 1.00 bits per heavy atom. The van der Waals surface area contributed by atoms with Gasteiger partial charge < -0.3 is 5.48 Å². The van der Waals surface area contributed by atoms with Crippen LogP contribution in [0.5, 0.6) is 0 Å². The molecule has 0 aromatic heterocycles. The van der Waals surface area contributed by atoms with E-state index in [1.807, 2.05) is 0 Å². The van der Waals surface area contributed by atoms with Crippen LogP contribution in [0.1, 0.15) is 0 Å². The van der Waals surface area contributed by atoms with E-state index in [4.69, 9.17) is 0 Å². The summed E-state index contributed by atoms with van der Waals surface area (Å²) < 4.78 is 0. The van der Waals surface area contributed by atoms with Gasteiger partial charge in [-0.15, -0.1) is 0 Å². The Morgan fingerprint density at radius 2 is 1.00 bits per heavy atom. The quantitative estimate of drug-likeness (QED) is 0.521. The molecule has 0 aromatic carbocycles. The minimum absolute atomic E-state index is 0. The minimum atomic E-state index is 0. The van der Waals surface area contributed by atoms with Crippen molar-refractivity contribution in [1.82, 2.24) is 0 Å². The van der Waals surface area contributed by atoms with Crippen LogP contribution < -0.4 is 0 Å². The fraction of sp³-hybridized carbons (Fsp3) is 0. The van der Waals surface area contributed by atoms with Crippen LogP contribution in [0.4, 0.5) is 0 Å². The van der Waals surface area contributed by atoms with E-state index >= 15 is 0 Å². The molecule has 0 aliphatic rings. The van der Waals surface area contributed by atoms with Crippen molar-refractivity contribution in [2.24, 2.45) is 0 Å². The van der Waals surface area contributed by atoms with Crippen LogP contribution in [0, 0.1) is 39.9 Å². The Morgan fingerprint density at radius 1 is 1.00 bits per heavy atom. The van der Waals surface area contributed by atoms with Crippen molar-refractivity contribution in [2.75, 3.05) is 0 Å². The molecule has 2 N–H and O–H groups in total. The van der Waals surface area contributed by atoms with Crippen LogP contribution in [-0.2, 0) is 33.6 Å². The van der Waals surface area contributed by atoms with E-state index in [9.17, 15) is 0 Å². The molecule has 1 nitrogen and oxygen atoms in total. The predicted octanol–water partition coefficient (Wildman–Crippen LogP) is -0.830. The van der Waals surface area contributed by atoms with Gasteiger partial charge in [-0.2, -0.15) is 0 Å². The second kappa shape index (κ2) is 18.5. The summed E-state index contributed by atoms with van der Waals surface area (Å²) in [7, 11) is 0. The van der Waals surface area contributed by atoms with Gasteiger partial charge in [-0.05, 0) is 0 Å². The largest absolute Gasteiger partial charge is 0.412 e. The van der Waals surface area contributed by atoms with Crippen molar-refractivity contribution >= 4 is 0 Å². The maximum atomic E-state index is 0. The van der Waals surface area contributed by atoms with Gasteiger partial charge in [0.15, 0.2) is 0 Å². The van der Waals surface area contributed by atoms with Gasteiger partial charge >= 0.3 is 0 Å². The first-order valence-electron chi connectivity index (χ1n) is 0. The molecule has 4 heavy (non-hydrogen) atoms. The van der Waals surface area contributed by atoms with Crippen molar-refractivity contribution < 1.29 is 79.0 Å². The molecule has 0 spiro atoms. The third kappa shape index (κ3) is 8.85. The van der Waals surface area contributed by atoms with E-state index < -0.39 is 0 Å². The van der Waals surface area contributed by atoms with Gasteiger partial charge in [-0.3, -0.25) is 0 Å². The Kier molecular flexibility index (Phi) is 155. The third-order valence-corrected chi connectivity index (χ3v) is 0. The second-order valence-corrected chi connectivity index (χ2v) is 0. The molecule has 0 rings (SSSR count). The van der Waals surface area contributed by atoms with Crippen molar-refractivity contribution in [1.29, 1.82) is 0 Å². The van der Waals surface area contributed by atoms with Crippen LogP contribution in [-0.4, -0.2) is 5.48 Å². The zero-order chi connectivity index (χ0) is 0. The van der Waals surface area contributed by atoms with Gasteiger partial charge in [0.2, 0.25) is 0 Å². The molecule has 0 bridgehead atoms. The van der Waals surface area contributed by atoms with Crippen molar-refractivity contribution in [3.63, 3.8) is 0 Å². The Bertz CT molecular complexity index is 8.00. The normalized spacial score (nSPS) is 0. The Balaban J connectivity index is 0. The van der Waals surface area contributed by atoms with Gasteiger partial charge in [0.05, 0.1) is 0 Å². The van der Waals surface area contributed by atoms with E-state index in [0.29, 0.717) is 0 Å². The van der Waals surface area contributed by atoms with E-state index in [1.54, 1.807) is 0 Å². The van der Waals surface area contributed by atoms with E-state index in [0.717, 1.165) is 0 Å².